The third-order valence-corrected chi connectivity index (χ3v) is 4.59. The third kappa shape index (κ3) is 5.81. The van der Waals surface area contributed by atoms with E-state index in [1.807, 2.05) is 13.8 Å². The van der Waals surface area contributed by atoms with Crippen molar-refractivity contribution in [2.24, 2.45) is 5.92 Å². The standard InChI is InChI=1S/C11H24N2O3S/c1-3-16-8-9-17(14,15)13-10(2)11-4-6-12-7-5-11/h10-13H,3-9H2,1-2H3. The summed E-state index contributed by atoms with van der Waals surface area (Å²) in [6.45, 7) is 6.60. The number of piperidine rings is 1. The van der Waals surface area contributed by atoms with Crippen molar-refractivity contribution >= 4 is 10.0 Å². The highest BCUT2D eigenvalue weighted by atomic mass is 32.2. The first kappa shape index (κ1) is 14.9. The SMILES string of the molecule is CCOCCS(=O)(=O)NC(C)C1CCNCC1. The Morgan fingerprint density at radius 3 is 2.65 bits per heavy atom. The quantitative estimate of drug-likeness (QED) is 0.650. The van der Waals surface area contributed by atoms with E-state index >= 15 is 0 Å². The number of ether oxygens (including phenoxy) is 1. The summed E-state index contributed by atoms with van der Waals surface area (Å²) in [4.78, 5) is 0. The van der Waals surface area contributed by atoms with E-state index in [1.165, 1.54) is 0 Å². The first-order valence-corrected chi connectivity index (χ1v) is 7.99. The summed E-state index contributed by atoms with van der Waals surface area (Å²) in [5.74, 6) is 0.494. The summed E-state index contributed by atoms with van der Waals surface area (Å²) in [6.07, 6.45) is 2.07. The highest BCUT2D eigenvalue weighted by Gasteiger charge is 2.23. The van der Waals surface area contributed by atoms with Gasteiger partial charge >= 0.3 is 0 Å². The molecule has 1 fully saturated rings. The second kappa shape index (κ2) is 7.31. The summed E-state index contributed by atoms with van der Waals surface area (Å²) in [5.41, 5.74) is 0. The van der Waals surface area contributed by atoms with Gasteiger partial charge in [0.05, 0.1) is 12.4 Å². The number of rotatable bonds is 7. The molecule has 102 valence electrons. The summed E-state index contributed by atoms with van der Waals surface area (Å²) >= 11 is 0. The lowest BCUT2D eigenvalue weighted by Crippen LogP contribution is -2.43. The van der Waals surface area contributed by atoms with Crippen LogP contribution >= 0.6 is 0 Å². The van der Waals surface area contributed by atoms with Gasteiger partial charge in [0.25, 0.3) is 0 Å². The minimum atomic E-state index is -3.20. The Labute approximate surface area is 104 Å². The third-order valence-electron chi connectivity index (χ3n) is 3.16. The zero-order valence-corrected chi connectivity index (χ0v) is 11.6. The van der Waals surface area contributed by atoms with E-state index in [1.54, 1.807) is 0 Å². The van der Waals surface area contributed by atoms with Gasteiger partial charge in [-0.15, -0.1) is 0 Å². The smallest absolute Gasteiger partial charge is 0.214 e. The Bertz CT molecular complexity index is 300. The van der Waals surface area contributed by atoms with Crippen LogP contribution in [0, 0.1) is 5.92 Å². The Morgan fingerprint density at radius 2 is 2.06 bits per heavy atom. The van der Waals surface area contributed by atoms with E-state index in [0.717, 1.165) is 25.9 Å². The van der Waals surface area contributed by atoms with Crippen molar-refractivity contribution in [3.63, 3.8) is 0 Å². The van der Waals surface area contributed by atoms with E-state index in [2.05, 4.69) is 10.0 Å². The summed E-state index contributed by atoms with van der Waals surface area (Å²) in [7, 11) is -3.20. The largest absolute Gasteiger partial charge is 0.381 e. The Morgan fingerprint density at radius 1 is 1.41 bits per heavy atom. The lowest BCUT2D eigenvalue weighted by atomic mass is 9.92. The molecule has 0 bridgehead atoms. The van der Waals surface area contributed by atoms with Gasteiger partial charge < -0.3 is 10.1 Å². The van der Waals surface area contributed by atoms with Crippen LogP contribution in [0.15, 0.2) is 0 Å². The predicted octanol–water partition coefficient (Wildman–Crippen LogP) is 0.330. The van der Waals surface area contributed by atoms with Crippen LogP contribution in [0.4, 0.5) is 0 Å². The molecular weight excluding hydrogens is 240 g/mol. The van der Waals surface area contributed by atoms with Gasteiger partial charge in [0.2, 0.25) is 10.0 Å². The van der Waals surface area contributed by atoms with Gasteiger partial charge in [-0.3, -0.25) is 0 Å². The number of nitrogens with one attached hydrogen (secondary N) is 2. The molecule has 1 atom stereocenters. The van der Waals surface area contributed by atoms with Gasteiger partial charge in [0.1, 0.15) is 0 Å². The van der Waals surface area contributed by atoms with Gasteiger partial charge in [-0.05, 0) is 45.7 Å². The highest BCUT2D eigenvalue weighted by Crippen LogP contribution is 2.16. The maximum absolute atomic E-state index is 11.8. The Kier molecular flexibility index (Phi) is 6.40. The summed E-state index contributed by atoms with van der Waals surface area (Å²) in [5, 5.41) is 3.28. The van der Waals surface area contributed by atoms with Gasteiger partial charge in [0.15, 0.2) is 0 Å². The fourth-order valence-corrected chi connectivity index (χ4v) is 3.31. The first-order chi connectivity index (χ1) is 8.05. The number of hydrogen-bond acceptors (Lipinski definition) is 4. The van der Waals surface area contributed by atoms with E-state index < -0.39 is 10.0 Å². The molecule has 1 rings (SSSR count). The minimum absolute atomic E-state index is 0.0173. The second-order valence-corrected chi connectivity index (χ2v) is 6.38. The van der Waals surface area contributed by atoms with Crippen molar-refractivity contribution < 1.29 is 13.2 Å². The fourth-order valence-electron chi connectivity index (χ4n) is 2.10. The molecule has 1 heterocycles. The number of sulfonamides is 1. The molecule has 1 unspecified atom stereocenters. The maximum Gasteiger partial charge on any atom is 0.214 e. The molecule has 0 aromatic rings. The Hall–Kier alpha value is -0.170. The molecule has 1 aliphatic heterocycles. The van der Waals surface area contributed by atoms with Crippen molar-refractivity contribution in [3.05, 3.63) is 0 Å². The van der Waals surface area contributed by atoms with E-state index in [9.17, 15) is 8.42 Å². The second-order valence-electron chi connectivity index (χ2n) is 4.51. The van der Waals surface area contributed by atoms with Gasteiger partial charge in [-0.25, -0.2) is 13.1 Å². The molecule has 0 amide bonds. The molecule has 5 nitrogen and oxygen atoms in total. The van der Waals surface area contributed by atoms with Crippen molar-refractivity contribution in [1.82, 2.24) is 10.0 Å². The average Bonchev–Trinajstić information content (AvgIpc) is 2.30. The molecule has 0 spiro atoms. The van der Waals surface area contributed by atoms with Crippen LogP contribution in [0.2, 0.25) is 0 Å². The van der Waals surface area contributed by atoms with Gasteiger partial charge in [-0.2, -0.15) is 0 Å². The topological polar surface area (TPSA) is 67.4 Å². The zero-order valence-electron chi connectivity index (χ0n) is 10.7. The molecule has 1 saturated heterocycles. The van der Waals surface area contributed by atoms with Gasteiger partial charge in [-0.1, -0.05) is 0 Å². The van der Waals surface area contributed by atoms with Crippen LogP contribution in [-0.2, 0) is 14.8 Å². The highest BCUT2D eigenvalue weighted by molar-refractivity contribution is 7.89. The van der Waals surface area contributed by atoms with Crippen molar-refractivity contribution in [2.75, 3.05) is 32.1 Å². The van der Waals surface area contributed by atoms with Crippen molar-refractivity contribution in [3.8, 4) is 0 Å². The molecule has 17 heavy (non-hydrogen) atoms. The molecule has 1 aliphatic rings. The molecule has 0 aromatic heterocycles. The van der Waals surface area contributed by atoms with Crippen LogP contribution in [0.25, 0.3) is 0 Å². The van der Waals surface area contributed by atoms with Gasteiger partial charge in [0, 0.05) is 12.6 Å². The van der Waals surface area contributed by atoms with E-state index in [4.69, 9.17) is 4.74 Å². The lowest BCUT2D eigenvalue weighted by molar-refractivity contribution is 0.163. The van der Waals surface area contributed by atoms with Crippen LogP contribution in [0.1, 0.15) is 26.7 Å². The first-order valence-electron chi connectivity index (χ1n) is 6.33. The molecule has 0 aliphatic carbocycles. The van der Waals surface area contributed by atoms with Crippen LogP contribution < -0.4 is 10.0 Å². The normalized spacial score (nSPS) is 20.4. The molecule has 0 radical (unpaired) electrons. The molecule has 0 aromatic carbocycles. The van der Waals surface area contributed by atoms with Crippen LogP contribution in [-0.4, -0.2) is 46.5 Å². The van der Waals surface area contributed by atoms with Crippen LogP contribution in [0.5, 0.6) is 0 Å². The minimum Gasteiger partial charge on any atom is -0.381 e. The Balaban J connectivity index is 2.34. The molecule has 6 heteroatoms. The lowest BCUT2D eigenvalue weighted by Gasteiger charge is -2.28. The van der Waals surface area contributed by atoms with E-state index in [0.29, 0.717) is 12.5 Å². The average molecular weight is 264 g/mol. The molecule has 0 saturated carbocycles. The molecular formula is C11H24N2O3S. The summed E-state index contributed by atoms with van der Waals surface area (Å²) in [6, 6.07) is 0.0173. The molecule has 2 N–H and O–H groups in total. The predicted molar refractivity (Wildman–Crippen MR) is 68.5 cm³/mol. The summed E-state index contributed by atoms with van der Waals surface area (Å²) < 4.78 is 31.3. The maximum atomic E-state index is 11.8. The van der Waals surface area contributed by atoms with E-state index in [-0.39, 0.29) is 18.4 Å². The van der Waals surface area contributed by atoms with Crippen LogP contribution in [0.3, 0.4) is 0 Å². The van der Waals surface area contributed by atoms with Crippen molar-refractivity contribution in [2.45, 2.75) is 32.7 Å². The zero-order chi connectivity index (χ0) is 12.7. The number of hydrogen-bond donors (Lipinski definition) is 2. The monoisotopic (exact) mass is 264 g/mol. The van der Waals surface area contributed by atoms with Crippen molar-refractivity contribution in [1.29, 1.82) is 0 Å². The fraction of sp³-hybridized carbons (Fsp3) is 1.00.